The zero-order chi connectivity index (χ0) is 11.3. The zero-order valence-electron chi connectivity index (χ0n) is 9.40. The van der Waals surface area contributed by atoms with E-state index >= 15 is 0 Å². The third-order valence-electron chi connectivity index (χ3n) is 2.15. The maximum absolute atomic E-state index is 5.55. The fourth-order valence-corrected chi connectivity index (χ4v) is 1.46. The maximum Gasteiger partial charge on any atom is 0.150 e. The van der Waals surface area contributed by atoms with E-state index in [9.17, 15) is 0 Å². The van der Waals surface area contributed by atoms with Crippen LogP contribution in [0.25, 0.3) is 0 Å². The van der Waals surface area contributed by atoms with Gasteiger partial charge in [-0.3, -0.25) is 4.98 Å². The highest BCUT2D eigenvalue weighted by Crippen LogP contribution is 2.14. The molecule has 0 bridgehead atoms. The first kappa shape index (κ1) is 11.9. The summed E-state index contributed by atoms with van der Waals surface area (Å²) in [5, 5.41) is 0. The van der Waals surface area contributed by atoms with Crippen LogP contribution in [-0.4, -0.2) is 36.1 Å². The molecule has 0 fully saturated rings. The Labute approximate surface area is 90.5 Å². The van der Waals surface area contributed by atoms with Gasteiger partial charge in [0.15, 0.2) is 0 Å². The van der Waals surface area contributed by atoms with E-state index in [2.05, 4.69) is 14.9 Å². The summed E-state index contributed by atoms with van der Waals surface area (Å²) in [6, 6.07) is 0. The van der Waals surface area contributed by atoms with E-state index < -0.39 is 0 Å². The van der Waals surface area contributed by atoms with E-state index in [-0.39, 0.29) is 0 Å². The van der Waals surface area contributed by atoms with Crippen molar-refractivity contribution in [3.8, 4) is 0 Å². The van der Waals surface area contributed by atoms with Crippen LogP contribution in [0, 0.1) is 13.8 Å². The second-order valence-corrected chi connectivity index (χ2v) is 3.48. The van der Waals surface area contributed by atoms with Crippen LogP contribution in [0.5, 0.6) is 0 Å². The van der Waals surface area contributed by atoms with Crippen LogP contribution in [0.3, 0.4) is 0 Å². The summed E-state index contributed by atoms with van der Waals surface area (Å²) in [5.74, 6) is 0.894. The minimum atomic E-state index is 0.592. The van der Waals surface area contributed by atoms with Gasteiger partial charge in [-0.2, -0.15) is 0 Å². The first-order valence-corrected chi connectivity index (χ1v) is 5.14. The Morgan fingerprint density at radius 1 is 1.20 bits per heavy atom. The van der Waals surface area contributed by atoms with Crippen molar-refractivity contribution in [2.24, 2.45) is 11.5 Å². The van der Waals surface area contributed by atoms with Crippen molar-refractivity contribution < 1.29 is 0 Å². The summed E-state index contributed by atoms with van der Waals surface area (Å²) in [5.41, 5.74) is 12.9. The Bertz CT molecular complexity index is 307. The van der Waals surface area contributed by atoms with Crippen molar-refractivity contribution in [2.45, 2.75) is 13.8 Å². The van der Waals surface area contributed by atoms with Gasteiger partial charge in [-0.15, -0.1) is 0 Å². The number of aromatic nitrogens is 2. The minimum Gasteiger partial charge on any atom is -0.353 e. The molecule has 0 spiro atoms. The molecule has 4 N–H and O–H groups in total. The lowest BCUT2D eigenvalue weighted by Crippen LogP contribution is -2.35. The molecule has 0 aliphatic carbocycles. The first-order valence-electron chi connectivity index (χ1n) is 5.14. The summed E-state index contributed by atoms with van der Waals surface area (Å²) in [6.45, 7) is 6.58. The van der Waals surface area contributed by atoms with Gasteiger partial charge >= 0.3 is 0 Å². The van der Waals surface area contributed by atoms with Gasteiger partial charge in [0.25, 0.3) is 0 Å². The van der Waals surface area contributed by atoms with Crippen LogP contribution in [0.4, 0.5) is 5.82 Å². The van der Waals surface area contributed by atoms with Gasteiger partial charge in [-0.05, 0) is 13.8 Å². The molecule has 0 amide bonds. The molecular weight excluding hydrogens is 190 g/mol. The van der Waals surface area contributed by atoms with Crippen molar-refractivity contribution >= 4 is 5.82 Å². The summed E-state index contributed by atoms with van der Waals surface area (Å²) in [6.07, 6.45) is 1.77. The Morgan fingerprint density at radius 3 is 2.33 bits per heavy atom. The minimum absolute atomic E-state index is 0.592. The molecule has 0 saturated heterocycles. The van der Waals surface area contributed by atoms with Gasteiger partial charge in [0.05, 0.1) is 11.4 Å². The van der Waals surface area contributed by atoms with Gasteiger partial charge in [0.2, 0.25) is 0 Å². The van der Waals surface area contributed by atoms with E-state index in [0.29, 0.717) is 13.1 Å². The quantitative estimate of drug-likeness (QED) is 0.703. The van der Waals surface area contributed by atoms with Crippen LogP contribution < -0.4 is 16.4 Å². The van der Waals surface area contributed by atoms with E-state index in [1.54, 1.807) is 6.20 Å². The van der Waals surface area contributed by atoms with Gasteiger partial charge in [-0.25, -0.2) is 4.98 Å². The molecule has 5 heteroatoms. The largest absolute Gasteiger partial charge is 0.353 e. The highest BCUT2D eigenvalue weighted by atomic mass is 15.2. The number of aryl methyl sites for hydroxylation is 2. The Hall–Kier alpha value is -1.20. The molecule has 1 aromatic heterocycles. The lowest BCUT2D eigenvalue weighted by atomic mass is 10.3. The fraction of sp³-hybridized carbons (Fsp3) is 0.600. The highest BCUT2D eigenvalue weighted by Gasteiger charge is 2.10. The topological polar surface area (TPSA) is 81.1 Å². The van der Waals surface area contributed by atoms with Crippen molar-refractivity contribution in [1.82, 2.24) is 9.97 Å². The molecule has 0 aliphatic rings. The molecule has 5 nitrogen and oxygen atoms in total. The van der Waals surface area contributed by atoms with Gasteiger partial charge in [0.1, 0.15) is 5.82 Å². The van der Waals surface area contributed by atoms with E-state index in [1.807, 2.05) is 13.8 Å². The molecule has 1 rings (SSSR count). The number of hydrogen-bond acceptors (Lipinski definition) is 5. The summed E-state index contributed by atoms with van der Waals surface area (Å²) in [4.78, 5) is 10.8. The molecule has 0 radical (unpaired) electrons. The monoisotopic (exact) mass is 209 g/mol. The lowest BCUT2D eigenvalue weighted by molar-refractivity contribution is 0.759. The predicted molar refractivity (Wildman–Crippen MR) is 61.8 cm³/mol. The Morgan fingerprint density at radius 2 is 1.80 bits per heavy atom. The van der Waals surface area contributed by atoms with Crippen LogP contribution in [0.15, 0.2) is 6.20 Å². The van der Waals surface area contributed by atoms with Crippen molar-refractivity contribution in [3.63, 3.8) is 0 Å². The predicted octanol–water partition coefficient (Wildman–Crippen LogP) is -0.183. The van der Waals surface area contributed by atoms with E-state index in [1.165, 1.54) is 0 Å². The summed E-state index contributed by atoms with van der Waals surface area (Å²) in [7, 11) is 0. The van der Waals surface area contributed by atoms with Crippen LogP contribution in [-0.2, 0) is 0 Å². The molecule has 15 heavy (non-hydrogen) atoms. The summed E-state index contributed by atoms with van der Waals surface area (Å²) < 4.78 is 0. The summed E-state index contributed by atoms with van der Waals surface area (Å²) >= 11 is 0. The average molecular weight is 209 g/mol. The van der Waals surface area contributed by atoms with Crippen molar-refractivity contribution in [1.29, 1.82) is 0 Å². The lowest BCUT2D eigenvalue weighted by Gasteiger charge is -2.23. The Kier molecular flexibility index (Phi) is 4.45. The third-order valence-corrected chi connectivity index (χ3v) is 2.15. The molecule has 0 atom stereocenters. The van der Waals surface area contributed by atoms with Crippen LogP contribution in [0.1, 0.15) is 11.4 Å². The molecule has 0 saturated carbocycles. The van der Waals surface area contributed by atoms with Gasteiger partial charge < -0.3 is 16.4 Å². The Balaban J connectivity index is 2.93. The van der Waals surface area contributed by atoms with Gasteiger partial charge in [0, 0.05) is 32.4 Å². The normalized spacial score (nSPS) is 10.4. The highest BCUT2D eigenvalue weighted by molar-refractivity contribution is 5.43. The maximum atomic E-state index is 5.55. The molecular formula is C10H19N5. The van der Waals surface area contributed by atoms with Crippen LogP contribution >= 0.6 is 0 Å². The van der Waals surface area contributed by atoms with Crippen molar-refractivity contribution in [3.05, 3.63) is 17.6 Å². The first-order chi connectivity index (χ1) is 7.19. The molecule has 0 unspecified atom stereocenters. The van der Waals surface area contributed by atoms with Crippen molar-refractivity contribution in [2.75, 3.05) is 31.1 Å². The second-order valence-electron chi connectivity index (χ2n) is 3.48. The second kappa shape index (κ2) is 5.63. The molecule has 0 aromatic carbocycles. The van der Waals surface area contributed by atoms with Gasteiger partial charge in [-0.1, -0.05) is 0 Å². The zero-order valence-corrected chi connectivity index (χ0v) is 9.40. The van der Waals surface area contributed by atoms with Crippen LogP contribution in [0.2, 0.25) is 0 Å². The average Bonchev–Trinajstić information content (AvgIpc) is 2.21. The van der Waals surface area contributed by atoms with E-state index in [4.69, 9.17) is 11.5 Å². The molecule has 0 aliphatic heterocycles. The SMILES string of the molecule is Cc1cnc(C)c(N(CCN)CCN)n1. The number of anilines is 1. The number of rotatable bonds is 5. The van der Waals surface area contributed by atoms with E-state index in [0.717, 1.165) is 30.3 Å². The standard InChI is InChI=1S/C10H19N5/c1-8-7-13-9(2)10(14-8)15(5-3-11)6-4-12/h7H,3-6,11-12H2,1-2H3. The molecule has 1 heterocycles. The smallest absolute Gasteiger partial charge is 0.150 e. The molecule has 84 valence electrons. The number of nitrogens with zero attached hydrogens (tertiary/aromatic N) is 3. The third kappa shape index (κ3) is 3.14. The fourth-order valence-electron chi connectivity index (χ4n) is 1.46. The number of hydrogen-bond donors (Lipinski definition) is 2. The number of nitrogens with two attached hydrogens (primary N) is 2. The molecule has 1 aromatic rings.